The van der Waals surface area contributed by atoms with E-state index in [1.54, 1.807) is 4.90 Å². The molecule has 5 rings (SSSR count). The Morgan fingerprint density at radius 3 is 2.74 bits per heavy atom. The number of amides is 2. The van der Waals surface area contributed by atoms with Crippen molar-refractivity contribution in [1.29, 1.82) is 0 Å². The van der Waals surface area contributed by atoms with Gasteiger partial charge in [0.2, 0.25) is 5.91 Å². The molecule has 2 fully saturated rings. The monoisotopic (exact) mass is 422 g/mol. The van der Waals surface area contributed by atoms with Crippen molar-refractivity contribution in [2.45, 2.75) is 69.9 Å². The van der Waals surface area contributed by atoms with Gasteiger partial charge in [-0.3, -0.25) is 9.59 Å². The number of fused-ring (bicyclic) bond motifs is 3. The number of carbonyl (C=O) groups is 2. The zero-order chi connectivity index (χ0) is 21.4. The van der Waals surface area contributed by atoms with Crippen LogP contribution in [0.25, 0.3) is 10.9 Å². The molecule has 166 valence electrons. The molecule has 3 aliphatic rings. The lowest BCUT2D eigenvalue weighted by atomic mass is 9.86. The lowest BCUT2D eigenvalue weighted by molar-refractivity contribution is -0.121. The minimum absolute atomic E-state index is 0.0284. The second-order valence-corrected chi connectivity index (χ2v) is 9.68. The van der Waals surface area contributed by atoms with Gasteiger partial charge in [0.1, 0.15) is 0 Å². The Balaban J connectivity index is 1.30. The van der Waals surface area contributed by atoms with Crippen LogP contribution in [0.5, 0.6) is 0 Å². The SMILES string of the molecule is CN(CCCC(=O)NC1CC1)C(=O)c1ccc2[nH]c3c(c2c1)C(C1CCCC1)NCC3. The van der Waals surface area contributed by atoms with E-state index < -0.39 is 0 Å². The number of nitrogens with one attached hydrogen (secondary N) is 3. The van der Waals surface area contributed by atoms with Crippen LogP contribution in [-0.4, -0.2) is 47.9 Å². The molecule has 31 heavy (non-hydrogen) atoms. The molecule has 6 heteroatoms. The van der Waals surface area contributed by atoms with Gasteiger partial charge >= 0.3 is 0 Å². The van der Waals surface area contributed by atoms with Gasteiger partial charge in [-0.2, -0.15) is 0 Å². The topological polar surface area (TPSA) is 77.2 Å². The summed E-state index contributed by atoms with van der Waals surface area (Å²) in [6, 6.07) is 6.87. The average Bonchev–Trinajstić information content (AvgIpc) is 3.27. The molecule has 1 unspecified atom stereocenters. The molecule has 0 saturated heterocycles. The summed E-state index contributed by atoms with van der Waals surface area (Å²) in [6.45, 7) is 1.61. The summed E-state index contributed by atoms with van der Waals surface area (Å²) in [5.74, 6) is 0.830. The summed E-state index contributed by atoms with van der Waals surface area (Å²) in [4.78, 5) is 30.3. The number of hydrogen-bond acceptors (Lipinski definition) is 3. The molecule has 3 N–H and O–H groups in total. The molecule has 2 saturated carbocycles. The minimum atomic E-state index is 0.0284. The third-order valence-electron chi connectivity index (χ3n) is 7.28. The fourth-order valence-corrected chi connectivity index (χ4v) is 5.43. The van der Waals surface area contributed by atoms with Crippen molar-refractivity contribution in [2.75, 3.05) is 20.1 Å². The highest BCUT2D eigenvalue weighted by Crippen LogP contribution is 2.41. The van der Waals surface area contributed by atoms with Gasteiger partial charge in [0.15, 0.2) is 0 Å². The van der Waals surface area contributed by atoms with Crippen LogP contribution < -0.4 is 10.6 Å². The molecule has 0 radical (unpaired) electrons. The molecule has 2 aromatic rings. The van der Waals surface area contributed by atoms with E-state index in [4.69, 9.17) is 0 Å². The first kappa shape index (κ1) is 20.6. The highest BCUT2D eigenvalue weighted by molar-refractivity contribution is 5.99. The van der Waals surface area contributed by atoms with E-state index in [1.807, 2.05) is 13.1 Å². The molecule has 1 atom stereocenters. The van der Waals surface area contributed by atoms with Crippen molar-refractivity contribution in [3.63, 3.8) is 0 Å². The Hall–Kier alpha value is -2.34. The van der Waals surface area contributed by atoms with Crippen molar-refractivity contribution in [2.24, 2.45) is 5.92 Å². The van der Waals surface area contributed by atoms with Crippen LogP contribution in [0.3, 0.4) is 0 Å². The van der Waals surface area contributed by atoms with Crippen LogP contribution >= 0.6 is 0 Å². The smallest absolute Gasteiger partial charge is 0.253 e. The summed E-state index contributed by atoms with van der Waals surface area (Å²) in [5.41, 5.74) is 4.59. The third kappa shape index (κ3) is 4.36. The van der Waals surface area contributed by atoms with Crippen molar-refractivity contribution >= 4 is 22.7 Å². The Bertz CT molecular complexity index is 971. The second-order valence-electron chi connectivity index (χ2n) is 9.68. The summed E-state index contributed by atoms with van der Waals surface area (Å²) >= 11 is 0. The highest BCUT2D eigenvalue weighted by atomic mass is 16.2. The number of aromatic nitrogens is 1. The minimum Gasteiger partial charge on any atom is -0.358 e. The predicted molar refractivity (Wildman–Crippen MR) is 122 cm³/mol. The quantitative estimate of drug-likeness (QED) is 0.637. The van der Waals surface area contributed by atoms with Crippen molar-refractivity contribution < 1.29 is 9.59 Å². The van der Waals surface area contributed by atoms with E-state index in [2.05, 4.69) is 27.8 Å². The fourth-order valence-electron chi connectivity index (χ4n) is 5.43. The first-order valence-corrected chi connectivity index (χ1v) is 12.0. The number of rotatable bonds is 7. The molecule has 1 aromatic heterocycles. The highest BCUT2D eigenvalue weighted by Gasteiger charge is 2.32. The maximum absolute atomic E-state index is 13.1. The molecule has 2 amide bonds. The van der Waals surface area contributed by atoms with Crippen LogP contribution in [0, 0.1) is 5.92 Å². The number of hydrogen-bond donors (Lipinski definition) is 3. The molecule has 0 bridgehead atoms. The van der Waals surface area contributed by atoms with E-state index in [1.165, 1.54) is 42.3 Å². The van der Waals surface area contributed by atoms with Gasteiger partial charge in [-0.15, -0.1) is 0 Å². The second kappa shape index (κ2) is 8.65. The number of nitrogens with zero attached hydrogens (tertiary/aromatic N) is 1. The summed E-state index contributed by atoms with van der Waals surface area (Å²) in [6.07, 6.45) is 9.63. The Morgan fingerprint density at radius 2 is 1.97 bits per heavy atom. The first-order chi connectivity index (χ1) is 15.1. The van der Waals surface area contributed by atoms with Crippen LogP contribution in [-0.2, 0) is 11.2 Å². The van der Waals surface area contributed by atoms with E-state index in [-0.39, 0.29) is 11.8 Å². The van der Waals surface area contributed by atoms with Gasteiger partial charge in [-0.25, -0.2) is 0 Å². The Labute approximate surface area is 184 Å². The van der Waals surface area contributed by atoms with Crippen LogP contribution in [0.2, 0.25) is 0 Å². The Kier molecular flexibility index (Phi) is 5.74. The Morgan fingerprint density at radius 1 is 1.16 bits per heavy atom. The molecule has 2 aliphatic carbocycles. The van der Waals surface area contributed by atoms with Crippen molar-refractivity contribution in [3.8, 4) is 0 Å². The number of carbonyl (C=O) groups excluding carboxylic acids is 2. The molecule has 1 aromatic carbocycles. The molecule has 0 spiro atoms. The predicted octanol–water partition coefficient (Wildman–Crippen LogP) is 3.68. The first-order valence-electron chi connectivity index (χ1n) is 12.0. The summed E-state index contributed by atoms with van der Waals surface area (Å²) in [5, 5.41) is 7.98. The van der Waals surface area contributed by atoms with Crippen LogP contribution in [0.15, 0.2) is 18.2 Å². The van der Waals surface area contributed by atoms with Gasteiger partial charge in [0, 0.05) is 67.2 Å². The van der Waals surface area contributed by atoms with Gasteiger partial charge in [-0.1, -0.05) is 12.8 Å². The molecule has 6 nitrogen and oxygen atoms in total. The van der Waals surface area contributed by atoms with E-state index in [0.29, 0.717) is 37.4 Å². The van der Waals surface area contributed by atoms with E-state index in [9.17, 15) is 9.59 Å². The average molecular weight is 423 g/mol. The maximum atomic E-state index is 13.1. The lowest BCUT2D eigenvalue weighted by Gasteiger charge is -2.30. The third-order valence-corrected chi connectivity index (χ3v) is 7.28. The van der Waals surface area contributed by atoms with Crippen molar-refractivity contribution in [3.05, 3.63) is 35.0 Å². The van der Waals surface area contributed by atoms with Crippen LogP contribution in [0.1, 0.15) is 79.0 Å². The molecular weight excluding hydrogens is 388 g/mol. The molecular formula is C25H34N4O2. The number of aromatic amines is 1. The van der Waals surface area contributed by atoms with Crippen molar-refractivity contribution in [1.82, 2.24) is 20.5 Å². The normalized spacial score (nSPS) is 21.3. The van der Waals surface area contributed by atoms with Gasteiger partial charge in [-0.05, 0) is 61.8 Å². The van der Waals surface area contributed by atoms with Gasteiger partial charge in [0.25, 0.3) is 5.91 Å². The number of benzene rings is 1. The zero-order valence-electron chi connectivity index (χ0n) is 18.5. The summed E-state index contributed by atoms with van der Waals surface area (Å²) in [7, 11) is 1.83. The zero-order valence-corrected chi connectivity index (χ0v) is 18.5. The van der Waals surface area contributed by atoms with Gasteiger partial charge < -0.3 is 20.5 Å². The van der Waals surface area contributed by atoms with E-state index in [0.717, 1.165) is 36.9 Å². The lowest BCUT2D eigenvalue weighted by Crippen LogP contribution is -2.33. The summed E-state index contributed by atoms with van der Waals surface area (Å²) < 4.78 is 0. The molecule has 1 aliphatic heterocycles. The number of H-pyrrole nitrogens is 1. The maximum Gasteiger partial charge on any atom is 0.253 e. The van der Waals surface area contributed by atoms with Gasteiger partial charge in [0.05, 0.1) is 0 Å². The van der Waals surface area contributed by atoms with Crippen LogP contribution in [0.4, 0.5) is 0 Å². The van der Waals surface area contributed by atoms with E-state index >= 15 is 0 Å². The molecule has 2 heterocycles. The standard InChI is InChI=1S/C25H34N4O2/c1-29(14-4-7-22(30)27-18-9-10-18)25(31)17-8-11-20-19(15-17)23-21(28-20)12-13-26-24(23)16-5-2-3-6-16/h8,11,15-16,18,24,26,28H,2-7,9-10,12-14H2,1H3,(H,27,30). The largest absolute Gasteiger partial charge is 0.358 e. The fraction of sp³-hybridized carbons (Fsp3) is 0.600.